The van der Waals surface area contributed by atoms with Crippen LogP contribution in [0.1, 0.15) is 23.6 Å². The summed E-state index contributed by atoms with van der Waals surface area (Å²) >= 11 is 0. The van der Waals surface area contributed by atoms with Gasteiger partial charge in [-0.15, -0.1) is 0 Å². The molecule has 0 bridgehead atoms. The van der Waals surface area contributed by atoms with Gasteiger partial charge in [0.25, 0.3) is 5.91 Å². The second kappa shape index (κ2) is 6.67. The molecule has 1 aromatic heterocycles. The van der Waals surface area contributed by atoms with Crippen molar-refractivity contribution in [3.8, 4) is 5.75 Å². The molecule has 0 aliphatic heterocycles. The van der Waals surface area contributed by atoms with Crippen molar-refractivity contribution >= 4 is 16.9 Å². The Morgan fingerprint density at radius 2 is 2.00 bits per heavy atom. The number of ether oxygens (including phenoxy) is 1. The van der Waals surface area contributed by atoms with E-state index in [1.165, 1.54) is 17.2 Å². The Labute approximate surface area is 150 Å². The van der Waals surface area contributed by atoms with Crippen molar-refractivity contribution < 1.29 is 13.9 Å². The van der Waals surface area contributed by atoms with Crippen LogP contribution in [0.25, 0.3) is 11.0 Å². The number of benzene rings is 2. The van der Waals surface area contributed by atoms with E-state index in [0.717, 1.165) is 18.2 Å². The molecule has 132 valence electrons. The summed E-state index contributed by atoms with van der Waals surface area (Å²) in [6.07, 6.45) is 1.92. The Morgan fingerprint density at radius 1 is 1.19 bits per heavy atom. The molecule has 5 nitrogen and oxygen atoms in total. The van der Waals surface area contributed by atoms with E-state index >= 15 is 0 Å². The Hall–Kier alpha value is -3.08. The maximum Gasteiger partial charge on any atom is 0.336 e. The van der Waals surface area contributed by atoms with Crippen LogP contribution in [0.5, 0.6) is 5.75 Å². The summed E-state index contributed by atoms with van der Waals surface area (Å²) < 4.78 is 10.8. The van der Waals surface area contributed by atoms with Crippen LogP contribution in [-0.4, -0.2) is 24.5 Å². The highest BCUT2D eigenvalue weighted by Gasteiger charge is 2.28. The Morgan fingerprint density at radius 3 is 2.88 bits per heavy atom. The molecule has 0 N–H and O–H groups in total. The minimum Gasteiger partial charge on any atom is -0.484 e. The van der Waals surface area contributed by atoms with Gasteiger partial charge in [-0.3, -0.25) is 4.79 Å². The van der Waals surface area contributed by atoms with Gasteiger partial charge in [-0.2, -0.15) is 0 Å². The lowest BCUT2D eigenvalue weighted by Gasteiger charge is -2.25. The zero-order chi connectivity index (χ0) is 18.1. The zero-order valence-corrected chi connectivity index (χ0v) is 14.5. The third kappa shape index (κ3) is 3.08. The van der Waals surface area contributed by atoms with Crippen LogP contribution in [0, 0.1) is 0 Å². The summed E-state index contributed by atoms with van der Waals surface area (Å²) in [5, 5.41) is 0.808. The number of hydrogen-bond acceptors (Lipinski definition) is 4. The van der Waals surface area contributed by atoms with Crippen LogP contribution < -0.4 is 10.4 Å². The normalized spacial score (nSPS) is 15.7. The molecule has 2 aromatic carbocycles. The monoisotopic (exact) mass is 349 g/mol. The van der Waals surface area contributed by atoms with E-state index in [1.54, 1.807) is 29.2 Å². The molecule has 5 heteroatoms. The maximum absolute atomic E-state index is 12.6. The van der Waals surface area contributed by atoms with E-state index in [-0.39, 0.29) is 18.6 Å². The van der Waals surface area contributed by atoms with Crippen molar-refractivity contribution in [2.24, 2.45) is 0 Å². The second-order valence-corrected chi connectivity index (χ2v) is 6.50. The summed E-state index contributed by atoms with van der Waals surface area (Å²) in [4.78, 5) is 25.6. The van der Waals surface area contributed by atoms with Gasteiger partial charge in [0.15, 0.2) is 6.61 Å². The number of nitrogens with zero attached hydrogens (tertiary/aromatic N) is 1. The van der Waals surface area contributed by atoms with Crippen LogP contribution in [0.4, 0.5) is 0 Å². The van der Waals surface area contributed by atoms with Gasteiger partial charge in [-0.05, 0) is 42.2 Å². The van der Waals surface area contributed by atoms with E-state index in [2.05, 4.69) is 12.1 Å². The van der Waals surface area contributed by atoms with Crippen LogP contribution >= 0.6 is 0 Å². The quantitative estimate of drug-likeness (QED) is 0.678. The van der Waals surface area contributed by atoms with Gasteiger partial charge in [-0.1, -0.05) is 24.3 Å². The highest BCUT2D eigenvalue weighted by molar-refractivity contribution is 5.79. The van der Waals surface area contributed by atoms with Crippen molar-refractivity contribution in [2.75, 3.05) is 13.7 Å². The zero-order valence-electron chi connectivity index (χ0n) is 14.5. The molecular weight excluding hydrogens is 330 g/mol. The van der Waals surface area contributed by atoms with E-state index in [1.807, 2.05) is 19.2 Å². The highest BCUT2D eigenvalue weighted by Crippen LogP contribution is 2.34. The third-order valence-corrected chi connectivity index (χ3v) is 4.92. The van der Waals surface area contributed by atoms with Crippen molar-refractivity contribution in [1.82, 2.24) is 4.90 Å². The number of likely N-dealkylation sites (N-methyl/N-ethyl adjacent to an activating group) is 1. The Kier molecular flexibility index (Phi) is 4.21. The van der Waals surface area contributed by atoms with Crippen LogP contribution in [0.15, 0.2) is 63.8 Å². The van der Waals surface area contributed by atoms with E-state index in [4.69, 9.17) is 9.15 Å². The fourth-order valence-corrected chi connectivity index (χ4v) is 3.49. The van der Waals surface area contributed by atoms with Gasteiger partial charge >= 0.3 is 5.63 Å². The van der Waals surface area contributed by atoms with Gasteiger partial charge in [0.05, 0.1) is 6.04 Å². The summed E-state index contributed by atoms with van der Waals surface area (Å²) in [7, 11) is 1.82. The number of hydrogen-bond donors (Lipinski definition) is 0. The first-order valence-electron chi connectivity index (χ1n) is 8.62. The average molecular weight is 349 g/mol. The minimum absolute atomic E-state index is 0.0578. The molecular formula is C21H19NO4. The first-order chi connectivity index (χ1) is 12.6. The van der Waals surface area contributed by atoms with Gasteiger partial charge in [0.1, 0.15) is 11.3 Å². The fourth-order valence-electron chi connectivity index (χ4n) is 3.49. The molecule has 1 aliphatic rings. The lowest BCUT2D eigenvalue weighted by atomic mass is 10.1. The smallest absolute Gasteiger partial charge is 0.336 e. The molecule has 1 heterocycles. The Bertz CT molecular complexity index is 1020. The lowest BCUT2D eigenvalue weighted by Crippen LogP contribution is -2.34. The van der Waals surface area contributed by atoms with Gasteiger partial charge in [-0.25, -0.2) is 4.79 Å². The van der Waals surface area contributed by atoms with Crippen molar-refractivity contribution in [3.63, 3.8) is 0 Å². The molecule has 0 radical (unpaired) electrons. The number of carbonyl (C=O) groups excluding carboxylic acids is 1. The van der Waals surface area contributed by atoms with Crippen molar-refractivity contribution in [3.05, 3.63) is 76.1 Å². The molecule has 1 amide bonds. The molecule has 26 heavy (non-hydrogen) atoms. The average Bonchev–Trinajstić information content (AvgIpc) is 3.09. The number of carbonyl (C=O) groups is 1. The first-order valence-corrected chi connectivity index (χ1v) is 8.62. The second-order valence-electron chi connectivity index (χ2n) is 6.50. The molecule has 4 rings (SSSR count). The lowest BCUT2D eigenvalue weighted by molar-refractivity contribution is -0.134. The number of aryl methyl sites for hydroxylation is 1. The summed E-state index contributed by atoms with van der Waals surface area (Å²) in [5.41, 5.74) is 2.56. The predicted octanol–water partition coefficient (Wildman–Crippen LogP) is 3.32. The maximum atomic E-state index is 12.6. The molecule has 3 aromatic rings. The van der Waals surface area contributed by atoms with Gasteiger partial charge < -0.3 is 14.1 Å². The van der Waals surface area contributed by atoms with E-state index in [0.29, 0.717) is 11.3 Å². The van der Waals surface area contributed by atoms with Gasteiger partial charge in [0.2, 0.25) is 0 Å². The molecule has 0 spiro atoms. The van der Waals surface area contributed by atoms with Crippen LogP contribution in [0.2, 0.25) is 0 Å². The van der Waals surface area contributed by atoms with E-state index < -0.39 is 5.63 Å². The topological polar surface area (TPSA) is 59.8 Å². The number of amides is 1. The summed E-state index contributed by atoms with van der Waals surface area (Å²) in [6, 6.07) is 16.6. The number of fused-ring (bicyclic) bond motifs is 2. The summed E-state index contributed by atoms with van der Waals surface area (Å²) in [5.74, 6) is 0.418. The van der Waals surface area contributed by atoms with Crippen LogP contribution in [0.3, 0.4) is 0 Å². The SMILES string of the molecule is CN(C(=O)COc1ccc2ccc(=O)oc2c1)C1CCc2ccccc21. The van der Waals surface area contributed by atoms with Crippen molar-refractivity contribution in [1.29, 1.82) is 0 Å². The molecule has 1 atom stereocenters. The number of rotatable bonds is 4. The predicted molar refractivity (Wildman–Crippen MR) is 98.3 cm³/mol. The molecule has 0 saturated heterocycles. The van der Waals surface area contributed by atoms with E-state index in [9.17, 15) is 9.59 Å². The fraction of sp³-hybridized carbons (Fsp3) is 0.238. The van der Waals surface area contributed by atoms with Crippen molar-refractivity contribution in [2.45, 2.75) is 18.9 Å². The van der Waals surface area contributed by atoms with Gasteiger partial charge in [0, 0.05) is 24.6 Å². The Balaban J connectivity index is 1.45. The largest absolute Gasteiger partial charge is 0.484 e. The standard InChI is InChI=1S/C21H19NO4/c1-22(18-10-7-14-4-2-3-5-17(14)18)20(23)13-25-16-9-6-15-8-11-21(24)26-19(15)12-16/h2-6,8-9,11-12,18H,7,10,13H2,1H3. The minimum atomic E-state index is -0.412. The molecule has 0 fully saturated rings. The third-order valence-electron chi connectivity index (χ3n) is 4.92. The first kappa shape index (κ1) is 16.4. The highest BCUT2D eigenvalue weighted by atomic mass is 16.5. The summed E-state index contributed by atoms with van der Waals surface area (Å²) in [6.45, 7) is -0.0578. The molecule has 0 saturated carbocycles. The molecule has 1 unspecified atom stereocenters. The van der Waals surface area contributed by atoms with Crippen LogP contribution in [-0.2, 0) is 11.2 Å². The molecule has 1 aliphatic carbocycles.